The first-order valence-electron chi connectivity index (χ1n) is 17.7. The Morgan fingerprint density at radius 1 is 0.837 bits per heavy atom. The lowest BCUT2D eigenvalue weighted by atomic mass is 9.93. The van der Waals surface area contributed by atoms with Gasteiger partial charge in [0.1, 0.15) is 0 Å². The second-order valence-corrected chi connectivity index (χ2v) is 14.6. The van der Waals surface area contributed by atoms with Crippen molar-refractivity contribution in [1.29, 1.82) is 0 Å². The van der Waals surface area contributed by atoms with Crippen LogP contribution in [-0.4, -0.2) is 94.8 Å². The van der Waals surface area contributed by atoms with E-state index in [9.17, 15) is 0 Å². The van der Waals surface area contributed by atoms with E-state index in [0.29, 0.717) is 25.1 Å². The number of nitrogens with zero attached hydrogens (tertiary/aromatic N) is 8. The van der Waals surface area contributed by atoms with E-state index in [0.717, 1.165) is 80.5 Å². The number of rotatable bonds is 8. The molecule has 11 heteroatoms. The second kappa shape index (κ2) is 14.0. The molecule has 2 aromatic carbocycles. The van der Waals surface area contributed by atoms with Crippen LogP contribution in [0.4, 0.5) is 17.5 Å². The van der Waals surface area contributed by atoms with Crippen molar-refractivity contribution in [2.45, 2.75) is 45.8 Å². The zero-order valence-corrected chi connectivity index (χ0v) is 29.3. The summed E-state index contributed by atoms with van der Waals surface area (Å²) in [6.07, 6.45) is 5.79. The van der Waals surface area contributed by atoms with Gasteiger partial charge in [0.25, 0.3) is 0 Å². The van der Waals surface area contributed by atoms with Crippen molar-refractivity contribution in [3.8, 4) is 22.5 Å². The molecule has 6 heterocycles. The number of thiophene rings is 1. The number of morpholine rings is 1. The molecule has 8 rings (SSSR count). The van der Waals surface area contributed by atoms with Gasteiger partial charge in [0.2, 0.25) is 5.95 Å². The fourth-order valence-corrected chi connectivity index (χ4v) is 8.64. The van der Waals surface area contributed by atoms with Crippen LogP contribution < -0.4 is 15.5 Å². The average molecular weight is 676 g/mol. The van der Waals surface area contributed by atoms with Gasteiger partial charge in [0.15, 0.2) is 11.6 Å². The van der Waals surface area contributed by atoms with Gasteiger partial charge < -0.3 is 20.3 Å². The molecule has 5 aromatic rings. The topological polar surface area (TPSA) is 99.8 Å². The third-order valence-electron chi connectivity index (χ3n) is 10.3. The maximum atomic E-state index is 5.74. The number of aromatic nitrogens is 4. The Morgan fingerprint density at radius 3 is 2.29 bits per heavy atom. The van der Waals surface area contributed by atoms with Gasteiger partial charge in [0.05, 0.1) is 29.0 Å². The van der Waals surface area contributed by atoms with Crippen LogP contribution in [0.5, 0.6) is 0 Å². The molecule has 0 spiro atoms. The van der Waals surface area contributed by atoms with Gasteiger partial charge in [-0.05, 0) is 67.1 Å². The minimum absolute atomic E-state index is 0.244. The van der Waals surface area contributed by atoms with E-state index in [4.69, 9.17) is 20.4 Å². The molecule has 2 N–H and O–H groups in total. The molecule has 254 valence electrons. The van der Waals surface area contributed by atoms with Crippen molar-refractivity contribution in [3.63, 3.8) is 0 Å². The van der Waals surface area contributed by atoms with Gasteiger partial charge in [-0.2, -0.15) is 0 Å². The first-order chi connectivity index (χ1) is 24.0. The largest absolute Gasteiger partial charge is 0.378 e. The summed E-state index contributed by atoms with van der Waals surface area (Å²) in [6.45, 7) is 14.8. The number of hydrogen-bond donors (Lipinski definition) is 1. The highest BCUT2D eigenvalue weighted by molar-refractivity contribution is 7.19. The van der Waals surface area contributed by atoms with Gasteiger partial charge in [-0.1, -0.05) is 30.3 Å². The molecular formula is C38H45N9OS. The zero-order valence-electron chi connectivity index (χ0n) is 28.5. The number of fused-ring (bicyclic) bond motifs is 2. The van der Waals surface area contributed by atoms with Crippen LogP contribution in [0.3, 0.4) is 0 Å². The molecule has 10 nitrogen and oxygen atoms in total. The smallest absolute Gasteiger partial charge is 0.219 e. The number of piperazine rings is 1. The Bertz CT molecular complexity index is 1900. The Morgan fingerprint density at radius 2 is 1.55 bits per heavy atom. The maximum Gasteiger partial charge on any atom is 0.219 e. The van der Waals surface area contributed by atoms with Gasteiger partial charge >= 0.3 is 0 Å². The summed E-state index contributed by atoms with van der Waals surface area (Å²) in [5.41, 5.74) is 14.4. The van der Waals surface area contributed by atoms with Crippen LogP contribution in [0.1, 0.15) is 36.3 Å². The van der Waals surface area contributed by atoms with E-state index in [1.165, 1.54) is 45.7 Å². The third-order valence-corrected chi connectivity index (χ3v) is 11.4. The summed E-state index contributed by atoms with van der Waals surface area (Å²) < 4.78 is 6.77. The summed E-state index contributed by atoms with van der Waals surface area (Å²) in [5.74, 6) is 1.84. The molecule has 0 saturated carbocycles. The SMILES string of the molecule is CCN1c2ccc(-c3ccc(CN4CCN(Cc5cc6nc(-c7cnc(N)nc7)nc(N7CCOCC7)c6s5)CC4)cc3)cc2CC[C@@H]1C. The summed E-state index contributed by atoms with van der Waals surface area (Å²) in [6, 6.07) is 19.1. The number of aryl methyl sites for hydroxylation is 1. The number of benzene rings is 2. The van der Waals surface area contributed by atoms with Crippen molar-refractivity contribution in [3.05, 3.63) is 76.9 Å². The predicted octanol–water partition coefficient (Wildman–Crippen LogP) is 5.71. The zero-order chi connectivity index (χ0) is 33.3. The summed E-state index contributed by atoms with van der Waals surface area (Å²) in [7, 11) is 0. The highest BCUT2D eigenvalue weighted by Gasteiger charge is 2.24. The van der Waals surface area contributed by atoms with Gasteiger partial charge in [-0.15, -0.1) is 11.3 Å². The number of nitrogens with two attached hydrogens (primary N) is 1. The molecule has 0 unspecified atom stereocenters. The van der Waals surface area contributed by atoms with E-state index in [1.807, 2.05) is 11.3 Å². The molecule has 0 aliphatic carbocycles. The van der Waals surface area contributed by atoms with Crippen LogP contribution in [0.25, 0.3) is 32.7 Å². The van der Waals surface area contributed by atoms with Crippen molar-refractivity contribution in [2.24, 2.45) is 0 Å². The number of hydrogen-bond acceptors (Lipinski definition) is 11. The molecular weight excluding hydrogens is 631 g/mol. The van der Waals surface area contributed by atoms with Crippen LogP contribution in [0.2, 0.25) is 0 Å². The standard InChI is InChI=1S/C38H45N9OS/c1-3-47-26(2)4-7-30-20-29(10-11-34(30)47)28-8-5-27(6-9-28)24-44-12-14-45(15-13-44)25-32-21-33-35(49-32)37(46-16-18-48-19-17-46)43-36(42-33)31-22-40-38(39)41-23-31/h5-6,8-11,20-23,26H,3-4,7,12-19,24-25H2,1-2H3,(H2,39,40,41)/t26-/m0/s1. The fraction of sp³-hybridized carbons (Fsp3) is 0.421. The predicted molar refractivity (Wildman–Crippen MR) is 199 cm³/mol. The molecule has 49 heavy (non-hydrogen) atoms. The van der Waals surface area contributed by atoms with E-state index in [1.54, 1.807) is 12.4 Å². The van der Waals surface area contributed by atoms with E-state index >= 15 is 0 Å². The van der Waals surface area contributed by atoms with Gasteiger partial charge in [0, 0.05) is 87.9 Å². The van der Waals surface area contributed by atoms with E-state index < -0.39 is 0 Å². The van der Waals surface area contributed by atoms with Crippen molar-refractivity contribution >= 4 is 39.0 Å². The lowest BCUT2D eigenvalue weighted by Gasteiger charge is -2.36. The van der Waals surface area contributed by atoms with Crippen molar-refractivity contribution in [1.82, 2.24) is 29.7 Å². The molecule has 2 fully saturated rings. The minimum atomic E-state index is 0.244. The maximum absolute atomic E-state index is 5.74. The van der Waals surface area contributed by atoms with E-state index in [-0.39, 0.29) is 5.95 Å². The quantitative estimate of drug-likeness (QED) is 0.220. The van der Waals surface area contributed by atoms with Gasteiger partial charge in [-0.3, -0.25) is 9.80 Å². The first-order valence-corrected chi connectivity index (χ1v) is 18.5. The van der Waals surface area contributed by atoms with Crippen LogP contribution in [0, 0.1) is 0 Å². The Labute approximate surface area is 292 Å². The van der Waals surface area contributed by atoms with Gasteiger partial charge in [-0.25, -0.2) is 19.9 Å². The molecule has 3 aliphatic rings. The molecule has 3 aromatic heterocycles. The third kappa shape index (κ3) is 6.85. The van der Waals surface area contributed by atoms with Crippen molar-refractivity contribution in [2.75, 3.05) is 74.6 Å². The number of ether oxygens (including phenoxy) is 1. The Hall–Kier alpha value is -4.16. The number of anilines is 3. The molecule has 3 aliphatic heterocycles. The number of nitrogen functional groups attached to an aromatic ring is 1. The summed E-state index contributed by atoms with van der Waals surface area (Å²) in [4.78, 5) is 29.6. The molecule has 2 saturated heterocycles. The molecule has 1 atom stereocenters. The Balaban J connectivity index is 0.908. The summed E-state index contributed by atoms with van der Waals surface area (Å²) >= 11 is 1.81. The molecule has 0 amide bonds. The van der Waals surface area contributed by atoms with E-state index in [2.05, 4.69) is 91.9 Å². The second-order valence-electron chi connectivity index (χ2n) is 13.5. The Kier molecular flexibility index (Phi) is 9.15. The minimum Gasteiger partial charge on any atom is -0.378 e. The normalized spacial score (nSPS) is 19.0. The lowest BCUT2D eigenvalue weighted by molar-refractivity contribution is 0.122. The molecule has 0 radical (unpaired) electrons. The highest BCUT2D eigenvalue weighted by Crippen LogP contribution is 2.36. The monoisotopic (exact) mass is 675 g/mol. The summed E-state index contributed by atoms with van der Waals surface area (Å²) in [5, 5.41) is 0. The molecule has 0 bridgehead atoms. The highest BCUT2D eigenvalue weighted by atomic mass is 32.1. The van der Waals surface area contributed by atoms with Crippen molar-refractivity contribution < 1.29 is 4.74 Å². The van der Waals surface area contributed by atoms with Crippen LogP contribution in [-0.2, 0) is 24.2 Å². The first kappa shape index (κ1) is 32.1. The fourth-order valence-electron chi connectivity index (χ4n) is 7.49. The van der Waals surface area contributed by atoms with Crippen LogP contribution >= 0.6 is 11.3 Å². The average Bonchev–Trinajstić information content (AvgIpc) is 3.55. The lowest BCUT2D eigenvalue weighted by Crippen LogP contribution is -2.45. The van der Waals surface area contributed by atoms with Crippen LogP contribution in [0.15, 0.2) is 60.9 Å².